The number of ether oxygens (including phenoxy) is 2. The largest absolute Gasteiger partial charge is 0.490 e. The number of thiophene rings is 1. The average molecular weight is 456 g/mol. The molecule has 9 heteroatoms. The molecule has 0 saturated heterocycles. The van der Waals surface area contributed by atoms with Crippen molar-refractivity contribution >= 4 is 40.3 Å². The number of amides is 2. The molecule has 168 valence electrons. The van der Waals surface area contributed by atoms with E-state index in [-0.39, 0.29) is 6.61 Å². The van der Waals surface area contributed by atoms with Crippen molar-refractivity contribution in [2.45, 2.75) is 32.6 Å². The molecule has 8 nitrogen and oxygen atoms in total. The average Bonchev–Trinajstić information content (AvgIpc) is 3.16. The number of benzene rings is 1. The van der Waals surface area contributed by atoms with Crippen LogP contribution in [0, 0.1) is 0 Å². The molecule has 0 unspecified atom stereocenters. The fraction of sp³-hybridized carbons (Fsp3) is 0.304. The molecule has 0 saturated carbocycles. The highest BCUT2D eigenvalue weighted by Gasteiger charge is 2.28. The second kappa shape index (κ2) is 11.2. The molecule has 2 amide bonds. The summed E-state index contributed by atoms with van der Waals surface area (Å²) < 4.78 is 10.6. The molecular weight excluding hydrogens is 430 g/mol. The molecular formula is C23H25N3O5S. The van der Waals surface area contributed by atoms with E-state index in [1.54, 1.807) is 37.3 Å². The van der Waals surface area contributed by atoms with Crippen LogP contribution < -0.4 is 15.5 Å². The van der Waals surface area contributed by atoms with E-state index in [1.165, 1.54) is 17.6 Å². The van der Waals surface area contributed by atoms with Crippen LogP contribution in [0.2, 0.25) is 0 Å². The SMILES string of the molecule is C=CCOc1ccc(/C=N/NC(=O)C(=O)Nc2sc3c(c2C(=O)OCC)CCCC3)cc1. The lowest BCUT2D eigenvalue weighted by atomic mass is 9.95. The number of nitrogens with one attached hydrogen (secondary N) is 2. The number of hydrogen-bond donors (Lipinski definition) is 2. The monoisotopic (exact) mass is 455 g/mol. The molecule has 1 aromatic carbocycles. The van der Waals surface area contributed by atoms with E-state index in [4.69, 9.17) is 9.47 Å². The number of hydrazone groups is 1. The Morgan fingerprint density at radius 2 is 1.91 bits per heavy atom. The molecule has 0 radical (unpaired) electrons. The van der Waals surface area contributed by atoms with Crippen LogP contribution in [0.1, 0.15) is 46.1 Å². The second-order valence-electron chi connectivity index (χ2n) is 6.96. The number of carbonyl (C=O) groups excluding carboxylic acids is 3. The first kappa shape index (κ1) is 23.2. The second-order valence-corrected chi connectivity index (χ2v) is 8.06. The van der Waals surface area contributed by atoms with Crippen molar-refractivity contribution in [3.63, 3.8) is 0 Å². The van der Waals surface area contributed by atoms with Gasteiger partial charge in [-0.15, -0.1) is 11.3 Å². The molecule has 0 bridgehead atoms. The van der Waals surface area contributed by atoms with Crippen LogP contribution in [0.15, 0.2) is 42.0 Å². The Bertz CT molecular complexity index is 1030. The summed E-state index contributed by atoms with van der Waals surface area (Å²) in [6.07, 6.45) is 6.66. The van der Waals surface area contributed by atoms with E-state index >= 15 is 0 Å². The fourth-order valence-electron chi connectivity index (χ4n) is 3.25. The van der Waals surface area contributed by atoms with Gasteiger partial charge >= 0.3 is 17.8 Å². The van der Waals surface area contributed by atoms with Gasteiger partial charge in [0.05, 0.1) is 18.4 Å². The van der Waals surface area contributed by atoms with Gasteiger partial charge in [0, 0.05) is 4.88 Å². The summed E-state index contributed by atoms with van der Waals surface area (Å²) in [5, 5.41) is 6.71. The quantitative estimate of drug-likeness (QED) is 0.208. The van der Waals surface area contributed by atoms with E-state index in [0.717, 1.165) is 36.1 Å². The Hall–Kier alpha value is -3.46. The first-order valence-corrected chi connectivity index (χ1v) is 11.1. The van der Waals surface area contributed by atoms with Crippen LogP contribution in [0.4, 0.5) is 5.00 Å². The summed E-state index contributed by atoms with van der Waals surface area (Å²) in [6, 6.07) is 7.04. The van der Waals surface area contributed by atoms with Crippen LogP contribution in [0.25, 0.3) is 0 Å². The maximum atomic E-state index is 12.5. The number of esters is 1. The zero-order valence-corrected chi connectivity index (χ0v) is 18.6. The Morgan fingerprint density at radius 3 is 2.62 bits per heavy atom. The van der Waals surface area contributed by atoms with Crippen molar-refractivity contribution in [3.05, 3.63) is 58.5 Å². The molecule has 2 aromatic rings. The van der Waals surface area contributed by atoms with Crippen LogP contribution in [0.5, 0.6) is 5.75 Å². The van der Waals surface area contributed by atoms with E-state index in [9.17, 15) is 14.4 Å². The van der Waals surface area contributed by atoms with Crippen molar-refractivity contribution in [1.29, 1.82) is 0 Å². The minimum absolute atomic E-state index is 0.230. The topological polar surface area (TPSA) is 106 Å². The summed E-state index contributed by atoms with van der Waals surface area (Å²) >= 11 is 1.32. The molecule has 1 aliphatic rings. The first-order valence-electron chi connectivity index (χ1n) is 10.3. The molecule has 0 fully saturated rings. The molecule has 3 rings (SSSR count). The van der Waals surface area contributed by atoms with E-state index in [0.29, 0.717) is 28.5 Å². The standard InChI is InChI=1S/C23H25N3O5S/c1-3-13-31-16-11-9-15(10-12-16)14-24-26-21(28)20(27)25-22-19(23(29)30-4-2)17-7-5-6-8-18(17)32-22/h3,9-12,14H,1,4-8,13H2,2H3,(H,25,27)(H,26,28)/b24-14+. The van der Waals surface area contributed by atoms with Crippen molar-refractivity contribution in [2.24, 2.45) is 5.10 Å². The van der Waals surface area contributed by atoms with Crippen molar-refractivity contribution < 1.29 is 23.9 Å². The molecule has 0 aliphatic heterocycles. The Kier molecular flexibility index (Phi) is 8.15. The highest BCUT2D eigenvalue weighted by Crippen LogP contribution is 2.38. The van der Waals surface area contributed by atoms with E-state index < -0.39 is 17.8 Å². The smallest absolute Gasteiger partial charge is 0.341 e. The van der Waals surface area contributed by atoms with Crippen molar-refractivity contribution in [2.75, 3.05) is 18.5 Å². The molecule has 1 heterocycles. The molecule has 2 N–H and O–H groups in total. The third-order valence-electron chi connectivity index (χ3n) is 4.71. The zero-order chi connectivity index (χ0) is 22.9. The van der Waals surface area contributed by atoms with Gasteiger partial charge < -0.3 is 14.8 Å². The van der Waals surface area contributed by atoms with Crippen LogP contribution in [0.3, 0.4) is 0 Å². The number of hydrogen-bond acceptors (Lipinski definition) is 7. The highest BCUT2D eigenvalue weighted by molar-refractivity contribution is 7.17. The number of nitrogens with zero attached hydrogens (tertiary/aromatic N) is 1. The normalized spacial score (nSPS) is 12.7. The van der Waals surface area contributed by atoms with Crippen molar-refractivity contribution in [3.8, 4) is 5.75 Å². The fourth-order valence-corrected chi connectivity index (χ4v) is 4.53. The first-order chi connectivity index (χ1) is 15.5. The molecule has 0 atom stereocenters. The molecule has 1 aliphatic carbocycles. The van der Waals surface area contributed by atoms with Crippen LogP contribution in [-0.4, -0.2) is 37.2 Å². The number of fused-ring (bicyclic) bond motifs is 1. The van der Waals surface area contributed by atoms with Gasteiger partial charge in [-0.25, -0.2) is 10.2 Å². The Morgan fingerprint density at radius 1 is 1.16 bits per heavy atom. The molecule has 1 aromatic heterocycles. The molecule has 0 spiro atoms. The maximum Gasteiger partial charge on any atom is 0.341 e. The minimum Gasteiger partial charge on any atom is -0.490 e. The third kappa shape index (κ3) is 5.82. The van der Waals surface area contributed by atoms with Gasteiger partial charge in [-0.1, -0.05) is 12.7 Å². The predicted molar refractivity (Wildman–Crippen MR) is 123 cm³/mol. The summed E-state index contributed by atoms with van der Waals surface area (Å²) in [4.78, 5) is 38.1. The lowest BCUT2D eigenvalue weighted by Crippen LogP contribution is -2.32. The van der Waals surface area contributed by atoms with Gasteiger partial charge in [0.15, 0.2) is 0 Å². The third-order valence-corrected chi connectivity index (χ3v) is 5.92. The Balaban J connectivity index is 1.62. The summed E-state index contributed by atoms with van der Waals surface area (Å²) in [5.41, 5.74) is 4.18. The highest BCUT2D eigenvalue weighted by atomic mass is 32.1. The summed E-state index contributed by atoms with van der Waals surface area (Å²) in [6.45, 7) is 5.95. The maximum absolute atomic E-state index is 12.5. The number of aryl methyl sites for hydroxylation is 1. The van der Waals surface area contributed by atoms with Gasteiger partial charge in [-0.05, 0) is 68.0 Å². The van der Waals surface area contributed by atoms with E-state index in [1.807, 2.05) is 0 Å². The van der Waals surface area contributed by atoms with Crippen molar-refractivity contribution in [1.82, 2.24) is 5.43 Å². The van der Waals surface area contributed by atoms with Gasteiger partial charge in [-0.3, -0.25) is 9.59 Å². The van der Waals surface area contributed by atoms with E-state index in [2.05, 4.69) is 22.4 Å². The van der Waals surface area contributed by atoms with Gasteiger partial charge in [0.2, 0.25) is 0 Å². The van der Waals surface area contributed by atoms with Gasteiger partial charge in [-0.2, -0.15) is 5.10 Å². The molecule has 32 heavy (non-hydrogen) atoms. The van der Waals surface area contributed by atoms with Crippen LogP contribution in [-0.2, 0) is 27.2 Å². The Labute approximate surface area is 190 Å². The van der Waals surface area contributed by atoms with Gasteiger partial charge in [0.1, 0.15) is 17.4 Å². The van der Waals surface area contributed by atoms with Crippen LogP contribution >= 0.6 is 11.3 Å². The number of anilines is 1. The minimum atomic E-state index is -0.937. The zero-order valence-electron chi connectivity index (χ0n) is 17.8. The number of rotatable bonds is 8. The predicted octanol–water partition coefficient (Wildman–Crippen LogP) is 3.46. The summed E-state index contributed by atoms with van der Waals surface area (Å²) in [7, 11) is 0. The van der Waals surface area contributed by atoms with Gasteiger partial charge in [0.25, 0.3) is 0 Å². The summed E-state index contributed by atoms with van der Waals surface area (Å²) in [5.74, 6) is -1.64. The lowest BCUT2D eigenvalue weighted by Gasteiger charge is -2.12. The number of carbonyl (C=O) groups is 3. The lowest BCUT2D eigenvalue weighted by molar-refractivity contribution is -0.136.